The molecule has 2 aromatic heterocycles. The number of rotatable bonds is 5. The van der Waals surface area contributed by atoms with E-state index in [9.17, 15) is 4.79 Å². The number of aromatic nitrogens is 4. The number of carbonyl (C=O) groups is 1. The van der Waals surface area contributed by atoms with Crippen LogP contribution in [0.3, 0.4) is 0 Å². The van der Waals surface area contributed by atoms with Crippen LogP contribution in [0.1, 0.15) is 0 Å². The number of carbonyl (C=O) groups excluding carboxylic acids is 1. The van der Waals surface area contributed by atoms with Crippen LogP contribution >= 0.6 is 0 Å². The highest BCUT2D eigenvalue weighted by molar-refractivity contribution is 6.02. The summed E-state index contributed by atoms with van der Waals surface area (Å²) in [6, 6.07) is 26.2. The highest BCUT2D eigenvalue weighted by atomic mass is 16.2. The minimum atomic E-state index is -0.416. The van der Waals surface area contributed by atoms with E-state index in [-0.39, 0.29) is 0 Å². The molecule has 5 aromatic rings. The van der Waals surface area contributed by atoms with Gasteiger partial charge in [0.2, 0.25) is 0 Å². The molecule has 156 valence electrons. The van der Waals surface area contributed by atoms with Crippen LogP contribution in [0.5, 0.6) is 0 Å². The first-order valence-corrected chi connectivity index (χ1v) is 10.0. The van der Waals surface area contributed by atoms with Crippen molar-refractivity contribution in [3.8, 4) is 11.3 Å². The molecule has 8 nitrogen and oxygen atoms in total. The third-order valence-corrected chi connectivity index (χ3v) is 4.90. The van der Waals surface area contributed by atoms with Crippen molar-refractivity contribution in [2.45, 2.75) is 0 Å². The normalized spacial score (nSPS) is 10.6. The lowest BCUT2D eigenvalue weighted by Crippen LogP contribution is -2.21. The molecule has 4 N–H and O–H groups in total. The average Bonchev–Trinajstić information content (AvgIpc) is 3.31. The van der Waals surface area contributed by atoms with Gasteiger partial charge in [0.1, 0.15) is 0 Å². The van der Waals surface area contributed by atoms with Crippen molar-refractivity contribution in [3.05, 3.63) is 91.1 Å². The van der Waals surface area contributed by atoms with E-state index in [0.29, 0.717) is 11.5 Å². The summed E-state index contributed by atoms with van der Waals surface area (Å²) in [5.41, 5.74) is 4.81. The largest absolute Gasteiger partial charge is 0.352 e. The van der Waals surface area contributed by atoms with Crippen molar-refractivity contribution < 1.29 is 4.79 Å². The van der Waals surface area contributed by atoms with Gasteiger partial charge < -0.3 is 10.6 Å². The molecular weight excluding hydrogens is 402 g/mol. The van der Waals surface area contributed by atoms with Gasteiger partial charge >= 0.3 is 6.03 Å². The molecule has 3 aromatic carbocycles. The Morgan fingerprint density at radius 1 is 0.719 bits per heavy atom. The first-order chi connectivity index (χ1) is 15.8. The summed E-state index contributed by atoms with van der Waals surface area (Å²) in [6.45, 7) is 0. The number of amides is 2. The number of urea groups is 1. The van der Waals surface area contributed by atoms with Crippen molar-refractivity contribution in [1.29, 1.82) is 0 Å². The van der Waals surface area contributed by atoms with Crippen LogP contribution in [0, 0.1) is 0 Å². The number of H-pyrrole nitrogens is 1. The van der Waals surface area contributed by atoms with E-state index in [0.717, 1.165) is 33.5 Å². The number of aromatic amines is 1. The van der Waals surface area contributed by atoms with Crippen LogP contribution in [-0.2, 0) is 0 Å². The Morgan fingerprint density at radius 2 is 1.50 bits per heavy atom. The number of fused-ring (bicyclic) bond motifs is 1. The van der Waals surface area contributed by atoms with Crippen LogP contribution < -0.4 is 16.0 Å². The van der Waals surface area contributed by atoms with Crippen LogP contribution in [0.15, 0.2) is 91.1 Å². The van der Waals surface area contributed by atoms with Gasteiger partial charge in [-0.05, 0) is 30.3 Å². The molecule has 0 unspecified atom stereocenters. The predicted octanol–water partition coefficient (Wildman–Crippen LogP) is 5.41. The standard InChI is InChI=1S/C24H19N7O/c32-24(28-22-14-13-18(29-30-22)16-7-2-1-3-8-16)27-20-11-5-4-10-19(20)26-21-12-6-9-17-15-25-31-23(17)21/h1-15,26H,(H,25,31)(H2,27,28,30,32). The molecule has 2 heterocycles. The molecule has 0 saturated heterocycles. The number of nitrogens with zero attached hydrogens (tertiary/aromatic N) is 3. The molecule has 0 atom stereocenters. The Balaban J connectivity index is 1.29. The maximum atomic E-state index is 12.6. The van der Waals surface area contributed by atoms with Crippen LogP contribution in [0.4, 0.5) is 27.7 Å². The minimum Gasteiger partial charge on any atom is -0.352 e. The molecule has 5 rings (SSSR count). The minimum absolute atomic E-state index is 0.356. The maximum absolute atomic E-state index is 12.6. The topological polar surface area (TPSA) is 108 Å². The summed E-state index contributed by atoms with van der Waals surface area (Å²) in [6.07, 6.45) is 1.77. The zero-order chi connectivity index (χ0) is 21.8. The van der Waals surface area contributed by atoms with E-state index >= 15 is 0 Å². The first-order valence-electron chi connectivity index (χ1n) is 10.0. The fraction of sp³-hybridized carbons (Fsp3) is 0. The number of hydrogen-bond acceptors (Lipinski definition) is 5. The molecule has 0 saturated carbocycles. The summed E-state index contributed by atoms with van der Waals surface area (Å²) >= 11 is 0. The molecule has 0 aliphatic rings. The van der Waals surface area contributed by atoms with Gasteiger partial charge in [-0.15, -0.1) is 10.2 Å². The van der Waals surface area contributed by atoms with E-state index in [1.165, 1.54) is 0 Å². The van der Waals surface area contributed by atoms with Gasteiger partial charge in [-0.25, -0.2) is 4.79 Å². The van der Waals surface area contributed by atoms with E-state index in [1.54, 1.807) is 12.3 Å². The Morgan fingerprint density at radius 3 is 2.31 bits per heavy atom. The zero-order valence-electron chi connectivity index (χ0n) is 16.9. The Bertz CT molecular complexity index is 1360. The van der Waals surface area contributed by atoms with Gasteiger partial charge in [0, 0.05) is 10.9 Å². The first kappa shape index (κ1) is 19.3. The molecule has 8 heteroatoms. The lowest BCUT2D eigenvalue weighted by molar-refractivity contribution is 0.262. The summed E-state index contributed by atoms with van der Waals surface area (Å²) in [7, 11) is 0. The van der Waals surface area contributed by atoms with Crippen molar-refractivity contribution in [3.63, 3.8) is 0 Å². The Hall–Kier alpha value is -4.72. The highest BCUT2D eigenvalue weighted by Gasteiger charge is 2.10. The smallest absolute Gasteiger partial charge is 0.324 e. The second kappa shape index (κ2) is 8.57. The number of benzene rings is 3. The fourth-order valence-electron chi connectivity index (χ4n) is 3.35. The van der Waals surface area contributed by atoms with Crippen molar-refractivity contribution in [2.24, 2.45) is 0 Å². The zero-order valence-corrected chi connectivity index (χ0v) is 16.9. The summed E-state index contributed by atoms with van der Waals surface area (Å²) in [5, 5.41) is 25.3. The van der Waals surface area contributed by atoms with E-state index in [2.05, 4.69) is 36.3 Å². The quantitative estimate of drug-likeness (QED) is 0.304. The van der Waals surface area contributed by atoms with E-state index < -0.39 is 6.03 Å². The fourth-order valence-corrected chi connectivity index (χ4v) is 3.35. The lowest BCUT2D eigenvalue weighted by atomic mass is 10.1. The SMILES string of the molecule is O=C(Nc1ccc(-c2ccccc2)nn1)Nc1ccccc1Nc1cccc2cn[nH]c12. The molecule has 2 amide bonds. The lowest BCUT2D eigenvalue weighted by Gasteiger charge is -2.14. The van der Waals surface area contributed by atoms with Gasteiger partial charge in [-0.2, -0.15) is 5.10 Å². The summed E-state index contributed by atoms with van der Waals surface area (Å²) in [5.74, 6) is 0.356. The second-order valence-corrected chi connectivity index (χ2v) is 7.06. The van der Waals surface area contributed by atoms with Crippen LogP contribution in [0.25, 0.3) is 22.2 Å². The molecule has 0 spiro atoms. The molecule has 0 aliphatic carbocycles. The molecule has 0 bridgehead atoms. The molecule has 32 heavy (non-hydrogen) atoms. The van der Waals surface area contributed by atoms with Gasteiger partial charge in [-0.3, -0.25) is 10.4 Å². The number of nitrogens with one attached hydrogen (secondary N) is 4. The van der Waals surface area contributed by atoms with E-state index in [4.69, 9.17) is 0 Å². The third-order valence-electron chi connectivity index (χ3n) is 4.90. The average molecular weight is 421 g/mol. The predicted molar refractivity (Wildman–Crippen MR) is 126 cm³/mol. The van der Waals surface area contributed by atoms with Crippen molar-refractivity contribution in [2.75, 3.05) is 16.0 Å². The number of anilines is 4. The summed E-state index contributed by atoms with van der Waals surface area (Å²) in [4.78, 5) is 12.6. The number of para-hydroxylation sites is 3. The van der Waals surface area contributed by atoms with Crippen molar-refractivity contribution in [1.82, 2.24) is 20.4 Å². The van der Waals surface area contributed by atoms with Crippen LogP contribution in [-0.4, -0.2) is 26.4 Å². The molecule has 0 fully saturated rings. The summed E-state index contributed by atoms with van der Waals surface area (Å²) < 4.78 is 0. The Labute approximate surface area is 183 Å². The monoisotopic (exact) mass is 421 g/mol. The van der Waals surface area contributed by atoms with Crippen LogP contribution in [0.2, 0.25) is 0 Å². The van der Waals surface area contributed by atoms with Gasteiger partial charge in [-0.1, -0.05) is 54.6 Å². The third kappa shape index (κ3) is 4.10. The second-order valence-electron chi connectivity index (χ2n) is 7.06. The van der Waals surface area contributed by atoms with Crippen molar-refractivity contribution >= 4 is 39.8 Å². The van der Waals surface area contributed by atoms with Gasteiger partial charge in [0.15, 0.2) is 5.82 Å². The molecule has 0 radical (unpaired) electrons. The van der Waals surface area contributed by atoms with E-state index in [1.807, 2.05) is 78.9 Å². The van der Waals surface area contributed by atoms with Gasteiger partial charge in [0.05, 0.1) is 34.5 Å². The van der Waals surface area contributed by atoms with Gasteiger partial charge in [0.25, 0.3) is 0 Å². The molecular formula is C24H19N7O. The maximum Gasteiger partial charge on any atom is 0.324 e. The molecule has 0 aliphatic heterocycles. The highest BCUT2D eigenvalue weighted by Crippen LogP contribution is 2.29. The number of hydrogen-bond donors (Lipinski definition) is 4. The Kier molecular flexibility index (Phi) is 5.15.